The van der Waals surface area contributed by atoms with E-state index in [0.717, 1.165) is 52.0 Å². The van der Waals surface area contributed by atoms with E-state index in [1.54, 1.807) is 0 Å². The monoisotopic (exact) mass is 274 g/mol. The molecule has 0 aliphatic carbocycles. The molecule has 2 aliphatic heterocycles. The maximum atomic E-state index is 10.6. The molecule has 5 heteroatoms. The van der Waals surface area contributed by atoms with Gasteiger partial charge in [-0.1, -0.05) is 13.8 Å². The molecule has 0 radical (unpaired) electrons. The van der Waals surface area contributed by atoms with Crippen LogP contribution in [0.3, 0.4) is 0 Å². The number of hydrogen-bond acceptors (Lipinski definition) is 4. The number of carboxylic acid groups (broad SMARTS) is 1. The molecule has 0 amide bonds. The third-order valence-electron chi connectivity index (χ3n) is 3.49. The topological polar surface area (TPSA) is 84.6 Å². The van der Waals surface area contributed by atoms with Gasteiger partial charge in [-0.15, -0.1) is 0 Å². The zero-order valence-corrected chi connectivity index (χ0v) is 12.6. The minimum atomic E-state index is -0.658. The molecule has 114 valence electrons. The van der Waals surface area contributed by atoms with E-state index in [2.05, 4.69) is 5.32 Å². The number of hydrogen-bond donors (Lipinski definition) is 3. The van der Waals surface area contributed by atoms with E-state index in [1.165, 1.54) is 0 Å². The van der Waals surface area contributed by atoms with E-state index in [9.17, 15) is 4.79 Å². The summed E-state index contributed by atoms with van der Waals surface area (Å²) in [6, 6.07) is 0.411. The van der Waals surface area contributed by atoms with Gasteiger partial charge >= 0.3 is 5.97 Å². The maximum Gasteiger partial charge on any atom is 0.309 e. The Morgan fingerprint density at radius 2 is 1.74 bits per heavy atom. The van der Waals surface area contributed by atoms with Crippen molar-refractivity contribution in [1.29, 1.82) is 0 Å². The van der Waals surface area contributed by atoms with Gasteiger partial charge in [0.25, 0.3) is 0 Å². The summed E-state index contributed by atoms with van der Waals surface area (Å²) in [6.45, 7) is 9.21. The Labute approximate surface area is 116 Å². The molecule has 2 heterocycles. The fourth-order valence-corrected chi connectivity index (χ4v) is 1.91. The molecule has 2 saturated heterocycles. The molecule has 0 unspecified atom stereocenters. The molecule has 5 nitrogen and oxygen atoms in total. The number of nitrogens with two attached hydrogens (primary N) is 1. The molecule has 0 aromatic heterocycles. The number of aliphatic carboxylic acids is 1. The van der Waals surface area contributed by atoms with E-state index in [4.69, 9.17) is 15.6 Å². The average Bonchev–Trinajstić information content (AvgIpc) is 2.43. The number of nitrogens with one attached hydrogen (secondary N) is 1. The van der Waals surface area contributed by atoms with Gasteiger partial charge in [0, 0.05) is 19.3 Å². The van der Waals surface area contributed by atoms with Crippen LogP contribution in [0, 0.1) is 5.41 Å². The highest BCUT2D eigenvalue weighted by Crippen LogP contribution is 2.27. The van der Waals surface area contributed by atoms with Crippen molar-refractivity contribution >= 4 is 5.97 Å². The normalized spacial score (nSPS) is 22.3. The van der Waals surface area contributed by atoms with Gasteiger partial charge in [-0.2, -0.15) is 0 Å². The first-order chi connectivity index (χ1) is 9.04. The van der Waals surface area contributed by atoms with E-state index < -0.39 is 11.4 Å². The van der Waals surface area contributed by atoms with Crippen LogP contribution in [0.5, 0.6) is 0 Å². The Morgan fingerprint density at radius 3 is 2.00 bits per heavy atom. The molecule has 4 N–H and O–H groups in total. The van der Waals surface area contributed by atoms with Crippen molar-refractivity contribution in [3.63, 3.8) is 0 Å². The number of ether oxygens (including phenoxy) is 1. The Balaban J connectivity index is 0.000000316. The summed E-state index contributed by atoms with van der Waals surface area (Å²) in [5, 5.41) is 11.9. The van der Waals surface area contributed by atoms with Gasteiger partial charge < -0.3 is 20.9 Å². The SMILES string of the molecule is CC.CC1(C(=O)O)CCNCC1.NC1CCOCC1. The van der Waals surface area contributed by atoms with Gasteiger partial charge in [0.2, 0.25) is 0 Å². The predicted molar refractivity (Wildman–Crippen MR) is 77.2 cm³/mol. The molecule has 0 spiro atoms. The lowest BCUT2D eigenvalue weighted by Gasteiger charge is -2.29. The van der Waals surface area contributed by atoms with Crippen molar-refractivity contribution in [2.45, 2.75) is 52.5 Å². The lowest BCUT2D eigenvalue weighted by Crippen LogP contribution is -2.39. The molecule has 0 aromatic carbocycles. The molecular formula is C14H30N2O3. The van der Waals surface area contributed by atoms with Gasteiger partial charge in [-0.25, -0.2) is 0 Å². The second-order valence-corrected chi connectivity index (χ2v) is 5.07. The molecule has 0 bridgehead atoms. The largest absolute Gasteiger partial charge is 0.481 e. The lowest BCUT2D eigenvalue weighted by molar-refractivity contribution is -0.149. The quantitative estimate of drug-likeness (QED) is 0.676. The van der Waals surface area contributed by atoms with Crippen molar-refractivity contribution in [1.82, 2.24) is 5.32 Å². The maximum absolute atomic E-state index is 10.6. The molecule has 0 saturated carbocycles. The zero-order valence-electron chi connectivity index (χ0n) is 12.6. The summed E-state index contributed by atoms with van der Waals surface area (Å²) >= 11 is 0. The highest BCUT2D eigenvalue weighted by atomic mass is 16.5. The van der Waals surface area contributed by atoms with E-state index in [-0.39, 0.29) is 0 Å². The molecule has 2 rings (SSSR count). The second-order valence-electron chi connectivity index (χ2n) is 5.07. The first-order valence-corrected chi connectivity index (χ1v) is 7.32. The van der Waals surface area contributed by atoms with Crippen LogP contribution in [0.4, 0.5) is 0 Å². The van der Waals surface area contributed by atoms with Crippen molar-refractivity contribution in [2.75, 3.05) is 26.3 Å². The summed E-state index contributed by atoms with van der Waals surface area (Å²) in [6.07, 6.45) is 3.59. The Bertz CT molecular complexity index is 235. The van der Waals surface area contributed by atoms with Crippen LogP contribution in [0.15, 0.2) is 0 Å². The molecular weight excluding hydrogens is 244 g/mol. The molecule has 2 fully saturated rings. The van der Waals surface area contributed by atoms with E-state index in [1.807, 2.05) is 20.8 Å². The Hall–Kier alpha value is -0.650. The first-order valence-electron chi connectivity index (χ1n) is 7.32. The van der Waals surface area contributed by atoms with Crippen LogP contribution in [-0.2, 0) is 9.53 Å². The molecule has 0 atom stereocenters. The summed E-state index contributed by atoms with van der Waals surface area (Å²) in [5.41, 5.74) is 5.09. The van der Waals surface area contributed by atoms with Crippen molar-refractivity contribution in [3.8, 4) is 0 Å². The molecule has 2 aliphatic rings. The van der Waals surface area contributed by atoms with Crippen LogP contribution >= 0.6 is 0 Å². The van der Waals surface area contributed by atoms with Gasteiger partial charge in [0.15, 0.2) is 0 Å². The van der Waals surface area contributed by atoms with Gasteiger partial charge in [0.05, 0.1) is 5.41 Å². The fourth-order valence-electron chi connectivity index (χ4n) is 1.91. The second kappa shape index (κ2) is 10.2. The van der Waals surface area contributed by atoms with Crippen molar-refractivity contribution in [3.05, 3.63) is 0 Å². The Morgan fingerprint density at radius 1 is 1.26 bits per heavy atom. The fraction of sp³-hybridized carbons (Fsp3) is 0.929. The summed E-state index contributed by atoms with van der Waals surface area (Å²) in [5.74, 6) is -0.658. The summed E-state index contributed by atoms with van der Waals surface area (Å²) in [4.78, 5) is 10.6. The highest BCUT2D eigenvalue weighted by molar-refractivity contribution is 5.74. The third-order valence-corrected chi connectivity index (χ3v) is 3.49. The standard InChI is InChI=1S/C7H13NO2.C5H11NO.C2H6/c1-7(6(9)10)2-4-8-5-3-7;6-5-1-3-7-4-2-5;1-2/h8H,2-5H2,1H3,(H,9,10);5H,1-4,6H2;1-2H3. The van der Waals surface area contributed by atoms with E-state index >= 15 is 0 Å². The predicted octanol–water partition coefficient (Wildman–Crippen LogP) is 1.61. The van der Waals surface area contributed by atoms with Crippen LogP contribution in [0.2, 0.25) is 0 Å². The smallest absolute Gasteiger partial charge is 0.309 e. The third kappa shape index (κ3) is 7.50. The number of piperidine rings is 1. The van der Waals surface area contributed by atoms with E-state index in [0.29, 0.717) is 6.04 Å². The van der Waals surface area contributed by atoms with Crippen molar-refractivity contribution in [2.24, 2.45) is 11.1 Å². The van der Waals surface area contributed by atoms with Gasteiger partial charge in [-0.3, -0.25) is 4.79 Å². The van der Waals surface area contributed by atoms with Gasteiger partial charge in [-0.05, 0) is 45.7 Å². The number of rotatable bonds is 1. The first kappa shape index (κ1) is 18.4. The number of carboxylic acids is 1. The van der Waals surface area contributed by atoms with Crippen LogP contribution in [-0.4, -0.2) is 43.4 Å². The van der Waals surface area contributed by atoms with Crippen molar-refractivity contribution < 1.29 is 14.6 Å². The minimum Gasteiger partial charge on any atom is -0.481 e. The Kier molecular flexibility index (Phi) is 9.83. The average molecular weight is 274 g/mol. The van der Waals surface area contributed by atoms with Crippen LogP contribution in [0.1, 0.15) is 46.5 Å². The molecule has 0 aromatic rings. The minimum absolute atomic E-state index is 0.411. The highest BCUT2D eigenvalue weighted by Gasteiger charge is 2.33. The molecule has 19 heavy (non-hydrogen) atoms. The summed E-state index contributed by atoms with van der Waals surface area (Å²) in [7, 11) is 0. The number of carbonyl (C=O) groups is 1. The van der Waals surface area contributed by atoms with Crippen LogP contribution in [0.25, 0.3) is 0 Å². The van der Waals surface area contributed by atoms with Crippen LogP contribution < -0.4 is 11.1 Å². The summed E-state index contributed by atoms with van der Waals surface area (Å²) < 4.78 is 5.06. The lowest BCUT2D eigenvalue weighted by atomic mass is 9.81. The van der Waals surface area contributed by atoms with Gasteiger partial charge in [0.1, 0.15) is 0 Å². The zero-order chi connectivity index (χ0) is 14.7.